The average molecular weight is 517 g/mol. The van der Waals surface area contributed by atoms with E-state index >= 15 is 0 Å². The molecule has 210 valence electrons. The fourth-order valence-electron chi connectivity index (χ4n) is 9.74. The van der Waals surface area contributed by atoms with Crippen molar-refractivity contribution in [1.82, 2.24) is 0 Å². The minimum atomic E-state index is -0.898. The Bertz CT molecular complexity index is 949. The van der Waals surface area contributed by atoms with E-state index in [1.807, 2.05) is 0 Å². The molecule has 3 N–H and O–H groups in total. The van der Waals surface area contributed by atoms with Gasteiger partial charge in [-0.15, -0.1) is 0 Å². The zero-order valence-corrected chi connectivity index (χ0v) is 24.5. The Hall–Kier alpha value is -1.17. The van der Waals surface area contributed by atoms with Gasteiger partial charge in [-0.3, -0.25) is 4.79 Å². The van der Waals surface area contributed by atoms with Crippen LogP contribution >= 0.6 is 0 Å². The van der Waals surface area contributed by atoms with Crippen molar-refractivity contribution in [3.05, 3.63) is 23.3 Å². The van der Waals surface area contributed by atoms with Crippen LogP contribution in [-0.2, 0) is 9.53 Å². The Labute approximate surface area is 224 Å². The summed E-state index contributed by atoms with van der Waals surface area (Å²) in [6, 6.07) is 0. The second-order valence-corrected chi connectivity index (χ2v) is 14.4. The second-order valence-electron chi connectivity index (χ2n) is 14.4. The highest BCUT2D eigenvalue weighted by Gasteiger charge is 2.66. The minimum Gasteiger partial charge on any atom is -0.459 e. The van der Waals surface area contributed by atoms with Crippen LogP contribution in [0.2, 0.25) is 0 Å². The number of ether oxygens (including phenoxy) is 1. The SMILES string of the molecule is C=C(CC[C@@H](C)[C@H]1CC[C@H]2C3=C([C@@H](O)[C@H](OC(C)=O)[C@]12C)[C@@]1(C)C[C@@H](O)[C@H](O)C(C)(C)[C@@H]1CC3)C(C)C. The molecular formula is C32H52O5. The first kappa shape index (κ1) is 28.8. The Morgan fingerprint density at radius 2 is 1.73 bits per heavy atom. The van der Waals surface area contributed by atoms with Gasteiger partial charge in [0.05, 0.1) is 12.2 Å². The van der Waals surface area contributed by atoms with Crippen LogP contribution in [0.5, 0.6) is 0 Å². The molecule has 0 aromatic carbocycles. The van der Waals surface area contributed by atoms with Gasteiger partial charge in [-0.2, -0.15) is 0 Å². The first-order valence-corrected chi connectivity index (χ1v) is 14.7. The molecule has 0 aromatic rings. The van der Waals surface area contributed by atoms with Gasteiger partial charge in [0.25, 0.3) is 0 Å². The molecule has 2 fully saturated rings. The maximum Gasteiger partial charge on any atom is 0.303 e. The molecule has 0 heterocycles. The summed E-state index contributed by atoms with van der Waals surface area (Å²) in [4.78, 5) is 12.4. The van der Waals surface area contributed by atoms with Gasteiger partial charge in [0.2, 0.25) is 0 Å². The normalized spacial score (nSPS) is 43.6. The third-order valence-corrected chi connectivity index (χ3v) is 11.7. The van der Waals surface area contributed by atoms with Crippen LogP contribution in [0, 0.1) is 45.8 Å². The summed E-state index contributed by atoms with van der Waals surface area (Å²) >= 11 is 0. The lowest BCUT2D eigenvalue weighted by molar-refractivity contribution is -0.185. The van der Waals surface area contributed by atoms with Crippen molar-refractivity contribution in [2.45, 2.75) is 125 Å². The molecule has 37 heavy (non-hydrogen) atoms. The number of aliphatic hydroxyl groups excluding tert-OH is 3. The molecule has 0 spiro atoms. The molecule has 4 rings (SSSR count). The Balaban J connectivity index is 1.77. The highest BCUT2D eigenvalue weighted by molar-refractivity contribution is 5.66. The quantitative estimate of drug-likeness (QED) is 0.306. The molecule has 0 radical (unpaired) electrons. The number of carbonyl (C=O) groups excluding carboxylic acids is 1. The first-order chi connectivity index (χ1) is 17.1. The van der Waals surface area contributed by atoms with Gasteiger partial charge in [-0.1, -0.05) is 66.2 Å². The Morgan fingerprint density at radius 3 is 2.32 bits per heavy atom. The fraction of sp³-hybridized carbons (Fsp3) is 0.844. The summed E-state index contributed by atoms with van der Waals surface area (Å²) in [6.45, 7) is 21.0. The predicted octanol–water partition coefficient (Wildman–Crippen LogP) is 5.82. The molecule has 0 amide bonds. The van der Waals surface area contributed by atoms with Crippen LogP contribution in [0.1, 0.15) is 100 Å². The molecule has 5 nitrogen and oxygen atoms in total. The van der Waals surface area contributed by atoms with E-state index in [2.05, 4.69) is 55.0 Å². The molecule has 0 unspecified atom stereocenters. The summed E-state index contributed by atoms with van der Waals surface area (Å²) in [5.41, 5.74) is 2.36. The van der Waals surface area contributed by atoms with Crippen molar-refractivity contribution in [2.75, 3.05) is 0 Å². The van der Waals surface area contributed by atoms with Crippen molar-refractivity contribution in [3.8, 4) is 0 Å². The Morgan fingerprint density at radius 1 is 1.08 bits per heavy atom. The van der Waals surface area contributed by atoms with E-state index in [9.17, 15) is 20.1 Å². The molecular weight excluding hydrogens is 464 g/mol. The fourth-order valence-corrected chi connectivity index (χ4v) is 9.74. The lowest BCUT2D eigenvalue weighted by Gasteiger charge is -2.62. The number of hydrogen-bond donors (Lipinski definition) is 3. The molecule has 0 aromatic heterocycles. The maximum absolute atomic E-state index is 12.4. The van der Waals surface area contributed by atoms with Crippen LogP contribution in [-0.4, -0.2) is 45.7 Å². The standard InChI is InChI=1S/C32H52O5/c1-17(2)18(3)10-11-19(4)22-13-14-23-21-12-15-25-30(6,7)28(36)24(34)16-31(25,8)26(21)27(35)29(32(22,23)9)37-20(5)33/h17,19,22-25,27-29,34-36H,3,10-16H2,1-2,4-9H3/t19-,22-,23+,24-,25+,27-,28+,29+,31+,32-/m1/s1. The predicted molar refractivity (Wildman–Crippen MR) is 147 cm³/mol. The van der Waals surface area contributed by atoms with Gasteiger partial charge >= 0.3 is 5.97 Å². The smallest absolute Gasteiger partial charge is 0.303 e. The summed E-state index contributed by atoms with van der Waals surface area (Å²) in [5.74, 6) is 1.27. The minimum absolute atomic E-state index is 0.132. The number of esters is 1. The van der Waals surface area contributed by atoms with E-state index in [1.165, 1.54) is 18.1 Å². The number of fused-ring (bicyclic) bond motifs is 4. The lowest BCUT2D eigenvalue weighted by atomic mass is 9.44. The van der Waals surface area contributed by atoms with Gasteiger partial charge in [0, 0.05) is 12.3 Å². The summed E-state index contributed by atoms with van der Waals surface area (Å²) < 4.78 is 6.09. The van der Waals surface area contributed by atoms with Crippen molar-refractivity contribution < 1.29 is 24.9 Å². The third kappa shape index (κ3) is 4.36. The zero-order chi connectivity index (χ0) is 27.7. The van der Waals surface area contributed by atoms with Crippen molar-refractivity contribution in [1.29, 1.82) is 0 Å². The molecule has 4 aliphatic rings. The largest absolute Gasteiger partial charge is 0.459 e. The summed E-state index contributed by atoms with van der Waals surface area (Å²) in [6.07, 6.45) is 3.27. The third-order valence-electron chi connectivity index (χ3n) is 11.7. The van der Waals surface area contributed by atoms with Gasteiger partial charge in [-0.05, 0) is 90.9 Å². The molecule has 4 aliphatic carbocycles. The summed E-state index contributed by atoms with van der Waals surface area (Å²) in [5, 5.41) is 34.0. The average Bonchev–Trinajstić information content (AvgIpc) is 3.15. The molecule has 0 bridgehead atoms. The van der Waals surface area contributed by atoms with Gasteiger partial charge in [-0.25, -0.2) is 0 Å². The van der Waals surface area contributed by atoms with Gasteiger partial charge in [0.1, 0.15) is 12.2 Å². The summed E-state index contributed by atoms with van der Waals surface area (Å²) in [7, 11) is 0. The number of allylic oxidation sites excluding steroid dienone is 2. The lowest BCUT2D eigenvalue weighted by Crippen LogP contribution is -2.63. The Kier molecular flexibility index (Phi) is 7.62. The number of aliphatic hydroxyl groups is 3. The molecule has 0 saturated heterocycles. The highest BCUT2D eigenvalue weighted by atomic mass is 16.6. The van der Waals surface area contributed by atoms with Crippen LogP contribution in [0.15, 0.2) is 23.3 Å². The van der Waals surface area contributed by atoms with Crippen LogP contribution in [0.25, 0.3) is 0 Å². The number of rotatable bonds is 6. The highest BCUT2D eigenvalue weighted by Crippen LogP contribution is 2.68. The van der Waals surface area contributed by atoms with Crippen molar-refractivity contribution in [2.24, 2.45) is 45.8 Å². The van der Waals surface area contributed by atoms with Crippen molar-refractivity contribution in [3.63, 3.8) is 0 Å². The van der Waals surface area contributed by atoms with Gasteiger partial charge in [0.15, 0.2) is 0 Å². The first-order valence-electron chi connectivity index (χ1n) is 14.7. The molecule has 5 heteroatoms. The van der Waals surface area contributed by atoms with E-state index in [1.54, 1.807) is 0 Å². The molecule has 10 atom stereocenters. The maximum atomic E-state index is 12.4. The van der Waals surface area contributed by atoms with Crippen molar-refractivity contribution >= 4 is 5.97 Å². The van der Waals surface area contributed by atoms with Gasteiger partial charge < -0.3 is 20.1 Å². The monoisotopic (exact) mass is 516 g/mol. The molecule has 2 saturated carbocycles. The van der Waals surface area contributed by atoms with Crippen LogP contribution in [0.4, 0.5) is 0 Å². The zero-order valence-electron chi connectivity index (χ0n) is 24.5. The van der Waals surface area contributed by atoms with E-state index in [4.69, 9.17) is 4.74 Å². The molecule has 0 aliphatic heterocycles. The van der Waals surface area contributed by atoms with Crippen LogP contribution < -0.4 is 0 Å². The number of carbonyl (C=O) groups is 1. The van der Waals surface area contributed by atoms with E-state index in [0.29, 0.717) is 24.2 Å². The van der Waals surface area contributed by atoms with E-state index < -0.39 is 35.2 Å². The topological polar surface area (TPSA) is 87.0 Å². The number of hydrogen-bond acceptors (Lipinski definition) is 5. The second kappa shape index (κ2) is 9.78. The van der Waals surface area contributed by atoms with E-state index in [-0.39, 0.29) is 23.2 Å². The van der Waals surface area contributed by atoms with E-state index in [0.717, 1.165) is 44.1 Å². The van der Waals surface area contributed by atoms with Crippen LogP contribution in [0.3, 0.4) is 0 Å².